The summed E-state index contributed by atoms with van der Waals surface area (Å²) in [6, 6.07) is 3.54. The Kier molecular flexibility index (Phi) is 3.94. The molecule has 0 bridgehead atoms. The maximum atomic E-state index is 12.7. The molecule has 2 rings (SSSR count). The van der Waals surface area contributed by atoms with Gasteiger partial charge in [-0.3, -0.25) is 9.52 Å². The molecule has 0 fully saturated rings. The minimum absolute atomic E-state index is 0.0760. The van der Waals surface area contributed by atoms with Crippen molar-refractivity contribution in [3.05, 3.63) is 42.2 Å². The van der Waals surface area contributed by atoms with Gasteiger partial charge in [0, 0.05) is 20.3 Å². The molecule has 2 aromatic rings. The predicted molar refractivity (Wildman–Crippen MR) is 73.8 cm³/mol. The first-order chi connectivity index (χ1) is 9.83. The number of pyridine rings is 1. The zero-order chi connectivity index (χ0) is 15.6. The first-order valence-corrected chi connectivity index (χ1v) is 7.34. The van der Waals surface area contributed by atoms with Crippen LogP contribution >= 0.6 is 0 Å². The molecule has 0 atom stereocenters. The fourth-order valence-electron chi connectivity index (χ4n) is 1.69. The third kappa shape index (κ3) is 3.19. The van der Waals surface area contributed by atoms with Crippen LogP contribution in [0.4, 0.5) is 10.1 Å². The highest BCUT2D eigenvalue weighted by Crippen LogP contribution is 2.17. The molecule has 9 heteroatoms. The van der Waals surface area contributed by atoms with E-state index in [0.29, 0.717) is 0 Å². The van der Waals surface area contributed by atoms with Gasteiger partial charge in [-0.1, -0.05) is 0 Å². The number of nitrogens with zero attached hydrogens (tertiary/aromatic N) is 2. The Morgan fingerprint density at radius 2 is 2.10 bits per heavy atom. The van der Waals surface area contributed by atoms with Gasteiger partial charge >= 0.3 is 0 Å². The molecule has 0 aliphatic rings. The smallest absolute Gasteiger partial charge is 0.267 e. The number of hydrogen-bond donors (Lipinski definition) is 2. The van der Waals surface area contributed by atoms with E-state index in [0.717, 1.165) is 12.3 Å². The molecule has 0 saturated heterocycles. The molecular weight excluding hydrogens is 299 g/mol. The molecular formula is C12H13FN4O3S. The Morgan fingerprint density at radius 3 is 2.67 bits per heavy atom. The van der Waals surface area contributed by atoms with Crippen molar-refractivity contribution in [2.75, 3.05) is 11.8 Å². The fourth-order valence-corrected chi connectivity index (χ4v) is 2.80. The molecule has 2 aromatic heterocycles. The van der Waals surface area contributed by atoms with E-state index in [4.69, 9.17) is 0 Å². The number of halogens is 1. The molecule has 0 spiro atoms. The highest BCUT2D eigenvalue weighted by molar-refractivity contribution is 7.92. The second kappa shape index (κ2) is 5.52. The number of anilines is 1. The van der Waals surface area contributed by atoms with Crippen molar-refractivity contribution in [1.82, 2.24) is 14.9 Å². The maximum Gasteiger partial charge on any atom is 0.267 e. The normalized spacial score (nSPS) is 11.2. The minimum Gasteiger partial charge on any atom is -0.354 e. The van der Waals surface area contributed by atoms with E-state index in [9.17, 15) is 17.6 Å². The van der Waals surface area contributed by atoms with Crippen LogP contribution in [0.25, 0.3) is 0 Å². The highest BCUT2D eigenvalue weighted by Gasteiger charge is 2.20. The minimum atomic E-state index is -3.88. The van der Waals surface area contributed by atoms with E-state index in [-0.39, 0.29) is 16.3 Å². The van der Waals surface area contributed by atoms with Crippen molar-refractivity contribution in [3.8, 4) is 0 Å². The summed E-state index contributed by atoms with van der Waals surface area (Å²) in [4.78, 5) is 14.9. The molecule has 7 nitrogen and oxygen atoms in total. The molecule has 0 radical (unpaired) electrons. The van der Waals surface area contributed by atoms with Gasteiger partial charge in [-0.2, -0.15) is 4.39 Å². The molecule has 2 N–H and O–H groups in total. The van der Waals surface area contributed by atoms with Gasteiger partial charge in [-0.25, -0.2) is 13.4 Å². The number of sulfonamides is 1. The van der Waals surface area contributed by atoms with Gasteiger partial charge in [0.2, 0.25) is 5.95 Å². The summed E-state index contributed by atoms with van der Waals surface area (Å²) in [7, 11) is -0.874. The topological polar surface area (TPSA) is 93.1 Å². The summed E-state index contributed by atoms with van der Waals surface area (Å²) in [6.45, 7) is 0. The monoisotopic (exact) mass is 312 g/mol. The summed E-state index contributed by atoms with van der Waals surface area (Å²) < 4.78 is 40.7. The van der Waals surface area contributed by atoms with E-state index in [1.54, 1.807) is 7.05 Å². The maximum absolute atomic E-state index is 12.7. The number of nitrogens with one attached hydrogen (secondary N) is 2. The first kappa shape index (κ1) is 15.0. The number of carbonyl (C=O) groups is 1. The molecule has 0 aromatic carbocycles. The van der Waals surface area contributed by atoms with E-state index in [1.165, 1.54) is 29.9 Å². The van der Waals surface area contributed by atoms with Crippen molar-refractivity contribution in [2.45, 2.75) is 4.90 Å². The number of hydrogen-bond acceptors (Lipinski definition) is 4. The van der Waals surface area contributed by atoms with Gasteiger partial charge < -0.3 is 9.88 Å². The molecule has 1 amide bonds. The lowest BCUT2D eigenvalue weighted by Gasteiger charge is -2.05. The quantitative estimate of drug-likeness (QED) is 0.814. The SMILES string of the molecule is CNC(=O)c1cc(S(=O)(=O)Nc2ccc(F)nc2)cn1C. The van der Waals surface area contributed by atoms with Gasteiger partial charge in [0.25, 0.3) is 15.9 Å². The van der Waals surface area contributed by atoms with E-state index in [1.807, 2.05) is 0 Å². The van der Waals surface area contributed by atoms with E-state index in [2.05, 4.69) is 15.0 Å². The number of amides is 1. The molecule has 21 heavy (non-hydrogen) atoms. The average Bonchev–Trinajstić information content (AvgIpc) is 2.83. The van der Waals surface area contributed by atoms with Gasteiger partial charge in [0.1, 0.15) is 10.6 Å². The van der Waals surface area contributed by atoms with Crippen LogP contribution in [0.5, 0.6) is 0 Å². The van der Waals surface area contributed by atoms with Crippen molar-refractivity contribution in [1.29, 1.82) is 0 Å². The predicted octanol–water partition coefficient (Wildman–Crippen LogP) is 0.720. The summed E-state index contributed by atoms with van der Waals surface area (Å²) >= 11 is 0. The standard InChI is InChI=1S/C12H13FN4O3S/c1-14-12(18)10-5-9(7-17(10)2)21(19,20)16-8-3-4-11(13)15-6-8/h3-7,16H,1-2H3,(H,14,18). The highest BCUT2D eigenvalue weighted by atomic mass is 32.2. The van der Waals surface area contributed by atoms with Crippen LogP contribution in [-0.2, 0) is 17.1 Å². The molecule has 0 aliphatic carbocycles. The third-order valence-corrected chi connectivity index (χ3v) is 4.08. The summed E-state index contributed by atoms with van der Waals surface area (Å²) in [5, 5.41) is 2.42. The zero-order valence-corrected chi connectivity index (χ0v) is 12.1. The molecule has 0 unspecified atom stereocenters. The van der Waals surface area contributed by atoms with Gasteiger partial charge in [-0.05, 0) is 18.2 Å². The van der Waals surface area contributed by atoms with Crippen LogP contribution < -0.4 is 10.0 Å². The van der Waals surface area contributed by atoms with Crippen molar-refractivity contribution < 1.29 is 17.6 Å². The Bertz CT molecular complexity index is 768. The van der Waals surface area contributed by atoms with Gasteiger partial charge in [0.05, 0.1) is 11.9 Å². The fraction of sp³-hybridized carbons (Fsp3) is 0.167. The lowest BCUT2D eigenvalue weighted by Crippen LogP contribution is -2.20. The van der Waals surface area contributed by atoms with Gasteiger partial charge in [-0.15, -0.1) is 0 Å². The third-order valence-electron chi connectivity index (χ3n) is 2.73. The molecule has 0 aliphatic heterocycles. The largest absolute Gasteiger partial charge is 0.354 e. The summed E-state index contributed by atoms with van der Waals surface area (Å²) in [6.07, 6.45) is 2.37. The van der Waals surface area contributed by atoms with Crippen molar-refractivity contribution in [3.63, 3.8) is 0 Å². The van der Waals surface area contributed by atoms with E-state index >= 15 is 0 Å². The lowest BCUT2D eigenvalue weighted by atomic mass is 10.4. The van der Waals surface area contributed by atoms with Crippen LogP contribution in [0, 0.1) is 5.95 Å². The lowest BCUT2D eigenvalue weighted by molar-refractivity contribution is 0.0955. The second-order valence-corrected chi connectivity index (χ2v) is 5.91. The number of rotatable bonds is 4. The second-order valence-electron chi connectivity index (χ2n) is 4.23. The van der Waals surface area contributed by atoms with Crippen LogP contribution in [-0.4, -0.2) is 30.9 Å². The number of carbonyl (C=O) groups excluding carboxylic acids is 1. The van der Waals surface area contributed by atoms with Crippen LogP contribution in [0.3, 0.4) is 0 Å². The average molecular weight is 312 g/mol. The van der Waals surface area contributed by atoms with Gasteiger partial charge in [0.15, 0.2) is 0 Å². The Hall–Kier alpha value is -2.42. The van der Waals surface area contributed by atoms with Crippen LogP contribution in [0.2, 0.25) is 0 Å². The van der Waals surface area contributed by atoms with E-state index < -0.39 is 21.9 Å². The molecule has 2 heterocycles. The Morgan fingerprint density at radius 1 is 1.38 bits per heavy atom. The number of aromatic nitrogens is 2. The van der Waals surface area contributed by atoms with Crippen LogP contribution in [0.15, 0.2) is 35.5 Å². The first-order valence-electron chi connectivity index (χ1n) is 5.86. The van der Waals surface area contributed by atoms with Crippen molar-refractivity contribution in [2.24, 2.45) is 7.05 Å². The Labute approximate surface area is 120 Å². The van der Waals surface area contributed by atoms with Crippen molar-refractivity contribution >= 4 is 21.6 Å². The zero-order valence-electron chi connectivity index (χ0n) is 11.3. The summed E-state index contributed by atoms with van der Waals surface area (Å²) in [5.41, 5.74) is 0.330. The molecule has 0 saturated carbocycles. The Balaban J connectivity index is 2.31. The number of aryl methyl sites for hydroxylation is 1. The van der Waals surface area contributed by atoms with Crippen LogP contribution in [0.1, 0.15) is 10.5 Å². The molecule has 112 valence electrons. The summed E-state index contributed by atoms with van der Waals surface area (Å²) in [5.74, 6) is -1.11.